The normalized spacial score (nSPS) is 18.1. The Hall–Kier alpha value is -1.60. The van der Waals surface area contributed by atoms with Crippen molar-refractivity contribution in [3.8, 4) is 0 Å². The Morgan fingerprint density at radius 3 is 2.70 bits per heavy atom. The Morgan fingerprint density at radius 1 is 1.22 bits per heavy atom. The van der Waals surface area contributed by atoms with E-state index in [4.69, 9.17) is 0 Å². The molecule has 1 aromatic heterocycles. The molecule has 2 heterocycles. The molecule has 1 aliphatic heterocycles. The van der Waals surface area contributed by atoms with Gasteiger partial charge in [-0.2, -0.15) is 11.8 Å². The molecule has 1 saturated heterocycles. The van der Waals surface area contributed by atoms with Crippen LogP contribution in [0.3, 0.4) is 0 Å². The van der Waals surface area contributed by atoms with Crippen LogP contribution in [0.5, 0.6) is 0 Å². The van der Waals surface area contributed by atoms with Crippen molar-refractivity contribution >= 4 is 28.4 Å². The van der Waals surface area contributed by atoms with Gasteiger partial charge >= 0.3 is 0 Å². The summed E-state index contributed by atoms with van der Waals surface area (Å²) in [4.78, 5) is 19.6. The second-order valence-electron chi connectivity index (χ2n) is 7.30. The van der Waals surface area contributed by atoms with Gasteiger partial charge in [-0.1, -0.05) is 13.8 Å². The molecule has 1 aliphatic carbocycles. The van der Waals surface area contributed by atoms with E-state index in [9.17, 15) is 9.18 Å². The zero-order chi connectivity index (χ0) is 17.9. The minimum atomic E-state index is -0.509. The monoisotopic (exact) mass is 392 g/mol. The molecule has 2 aliphatic rings. The summed E-state index contributed by atoms with van der Waals surface area (Å²) in [5.41, 5.74) is 0.752. The van der Waals surface area contributed by atoms with Crippen LogP contribution in [0, 0.1) is 11.7 Å². The number of fused-ring (bicyclic) bond motifs is 1. The molecule has 148 valence electrons. The van der Waals surface area contributed by atoms with Gasteiger partial charge in [0, 0.05) is 17.5 Å². The molecule has 0 bridgehead atoms. The van der Waals surface area contributed by atoms with Gasteiger partial charge in [-0.15, -0.1) is 0 Å². The smallest absolute Gasteiger partial charge is 0.261 e. The van der Waals surface area contributed by atoms with Crippen molar-refractivity contribution in [1.82, 2.24) is 15.3 Å². The van der Waals surface area contributed by atoms with Crippen LogP contribution in [0.25, 0.3) is 10.9 Å². The number of hydrogen-bond donors (Lipinski definition) is 3. The molecule has 0 spiro atoms. The van der Waals surface area contributed by atoms with Crippen LogP contribution in [0.15, 0.2) is 16.9 Å². The van der Waals surface area contributed by atoms with Gasteiger partial charge in [0.05, 0.1) is 11.3 Å². The summed E-state index contributed by atoms with van der Waals surface area (Å²) >= 11 is 1.82. The Labute approximate surface area is 163 Å². The van der Waals surface area contributed by atoms with Crippen molar-refractivity contribution in [3.05, 3.63) is 34.1 Å². The number of halogens is 1. The fourth-order valence-electron chi connectivity index (χ4n) is 3.56. The quantitative estimate of drug-likeness (QED) is 0.696. The summed E-state index contributed by atoms with van der Waals surface area (Å²) in [6, 6.07) is 3.20. The lowest BCUT2D eigenvalue weighted by molar-refractivity contribution is 0.333. The fraction of sp³-hybridized carbons (Fsp3) is 0.600. The molecule has 2 fully saturated rings. The lowest BCUT2D eigenvalue weighted by atomic mass is 9.85. The molecule has 0 amide bonds. The second-order valence-corrected chi connectivity index (χ2v) is 8.59. The van der Waals surface area contributed by atoms with Crippen LogP contribution in [-0.2, 0) is 5.75 Å². The Bertz CT molecular complexity index is 831. The summed E-state index contributed by atoms with van der Waals surface area (Å²) < 4.78 is 14.4. The lowest BCUT2D eigenvalue weighted by Gasteiger charge is -2.25. The first kappa shape index (κ1) is 20.1. The van der Waals surface area contributed by atoms with Crippen LogP contribution in [0.1, 0.15) is 45.4 Å². The zero-order valence-corrected chi connectivity index (χ0v) is 15.6. The highest BCUT2D eigenvalue weighted by Crippen LogP contribution is 2.28. The van der Waals surface area contributed by atoms with Crippen LogP contribution in [0.2, 0.25) is 0 Å². The molecule has 1 aromatic carbocycles. The van der Waals surface area contributed by atoms with Gasteiger partial charge < -0.3 is 15.6 Å². The summed E-state index contributed by atoms with van der Waals surface area (Å²) in [6.45, 7) is 2.94. The van der Waals surface area contributed by atoms with E-state index in [1.54, 1.807) is 6.07 Å². The van der Waals surface area contributed by atoms with Gasteiger partial charge in [0.2, 0.25) is 0 Å². The highest BCUT2D eigenvalue weighted by molar-refractivity contribution is 7.99. The summed E-state index contributed by atoms with van der Waals surface area (Å²) in [6.07, 6.45) is 6.02. The number of nitrogens with zero attached hydrogens (tertiary/aromatic N) is 1. The maximum absolute atomic E-state index is 14.4. The topological polar surface area (TPSA) is 69.8 Å². The van der Waals surface area contributed by atoms with Crippen molar-refractivity contribution < 1.29 is 4.39 Å². The third-order valence-electron chi connectivity index (χ3n) is 5.37. The average molecular weight is 393 g/mol. The van der Waals surface area contributed by atoms with Crippen LogP contribution < -0.4 is 16.2 Å². The van der Waals surface area contributed by atoms with Gasteiger partial charge in [0.1, 0.15) is 17.0 Å². The molecule has 0 unspecified atom stereocenters. The standard InChI is InChI=1S/C19H25FN4OS.CH4/c20-15-8-13(22-10-12-2-1-3-12)9-16-18(15)19(25)24-17(23-16)11-26-14-4-6-21-7-5-14;/h8-9,12,14,21-22H,1-7,10-11H2,(H,23,24,25);1H4. The van der Waals surface area contributed by atoms with Crippen LogP contribution >= 0.6 is 11.8 Å². The molecule has 1 saturated carbocycles. The maximum Gasteiger partial charge on any atom is 0.261 e. The number of aromatic amines is 1. The fourth-order valence-corrected chi connectivity index (χ4v) is 4.66. The Balaban J connectivity index is 0.00000210. The van der Waals surface area contributed by atoms with E-state index >= 15 is 0 Å². The van der Waals surface area contributed by atoms with Crippen molar-refractivity contribution in [2.24, 2.45) is 5.92 Å². The van der Waals surface area contributed by atoms with E-state index in [-0.39, 0.29) is 18.4 Å². The highest BCUT2D eigenvalue weighted by Gasteiger charge is 2.18. The molecule has 0 radical (unpaired) electrons. The molecule has 4 rings (SSSR count). The first-order valence-corrected chi connectivity index (χ1v) is 10.5. The van der Waals surface area contributed by atoms with Crippen molar-refractivity contribution in [2.45, 2.75) is 50.5 Å². The molecule has 7 heteroatoms. The van der Waals surface area contributed by atoms with E-state index in [1.807, 2.05) is 11.8 Å². The molecule has 5 nitrogen and oxygen atoms in total. The number of hydrogen-bond acceptors (Lipinski definition) is 5. The third-order valence-corrected chi connectivity index (χ3v) is 6.75. The number of benzene rings is 1. The number of rotatable bonds is 6. The minimum absolute atomic E-state index is 0. The van der Waals surface area contributed by atoms with Gasteiger partial charge in [-0.25, -0.2) is 9.37 Å². The largest absolute Gasteiger partial charge is 0.385 e. The summed E-state index contributed by atoms with van der Waals surface area (Å²) in [5.74, 6) is 1.45. The first-order chi connectivity index (χ1) is 12.7. The average Bonchev–Trinajstić information content (AvgIpc) is 2.59. The van der Waals surface area contributed by atoms with Crippen molar-refractivity contribution in [3.63, 3.8) is 0 Å². The first-order valence-electron chi connectivity index (χ1n) is 9.47. The van der Waals surface area contributed by atoms with Gasteiger partial charge in [0.25, 0.3) is 5.56 Å². The second kappa shape index (κ2) is 9.06. The van der Waals surface area contributed by atoms with Gasteiger partial charge in [-0.3, -0.25) is 4.79 Å². The third kappa shape index (κ3) is 4.82. The summed E-state index contributed by atoms with van der Waals surface area (Å²) in [5, 5.41) is 7.29. The number of anilines is 1. The van der Waals surface area contributed by atoms with Gasteiger partial charge in [-0.05, 0) is 56.8 Å². The lowest BCUT2D eigenvalue weighted by Crippen LogP contribution is -2.29. The van der Waals surface area contributed by atoms with E-state index in [0.717, 1.165) is 32.5 Å². The van der Waals surface area contributed by atoms with Crippen LogP contribution in [-0.4, -0.2) is 34.9 Å². The number of nitrogens with one attached hydrogen (secondary N) is 3. The van der Waals surface area contributed by atoms with Gasteiger partial charge in [0.15, 0.2) is 0 Å². The molecule has 3 N–H and O–H groups in total. The van der Waals surface area contributed by atoms with Crippen LogP contribution in [0.4, 0.5) is 10.1 Å². The predicted octanol–water partition coefficient (Wildman–Crippen LogP) is 3.90. The van der Waals surface area contributed by atoms with E-state index < -0.39 is 5.82 Å². The Morgan fingerprint density at radius 2 is 2.00 bits per heavy atom. The van der Waals surface area contributed by atoms with E-state index in [0.29, 0.717) is 33.9 Å². The zero-order valence-electron chi connectivity index (χ0n) is 14.8. The highest BCUT2D eigenvalue weighted by atomic mass is 32.2. The van der Waals surface area contributed by atoms with E-state index in [1.165, 1.54) is 25.3 Å². The molecule has 27 heavy (non-hydrogen) atoms. The Kier molecular flexibility index (Phi) is 6.76. The molecule has 2 aromatic rings. The van der Waals surface area contributed by atoms with E-state index in [2.05, 4.69) is 20.6 Å². The minimum Gasteiger partial charge on any atom is -0.385 e. The number of H-pyrrole nitrogens is 1. The number of piperidine rings is 1. The van der Waals surface area contributed by atoms with Crippen molar-refractivity contribution in [1.29, 1.82) is 0 Å². The SMILES string of the molecule is C.O=c1[nH]c(CSC2CCNCC2)nc2cc(NCC3CCC3)cc(F)c12. The maximum atomic E-state index is 14.4. The molecular weight excluding hydrogens is 363 g/mol. The molecular formula is C20H29FN4OS. The number of thioether (sulfide) groups is 1. The molecule has 0 atom stereocenters. The summed E-state index contributed by atoms with van der Waals surface area (Å²) in [7, 11) is 0. The van der Waals surface area contributed by atoms with Crippen molar-refractivity contribution in [2.75, 3.05) is 25.0 Å². The number of aromatic nitrogens is 2. The predicted molar refractivity (Wildman–Crippen MR) is 112 cm³/mol.